The molecule has 0 bridgehead atoms. The molecule has 0 saturated heterocycles. The Morgan fingerprint density at radius 3 is 2.78 bits per heavy atom. The average molecular weight is 267 g/mol. The van der Waals surface area contributed by atoms with Crippen LogP contribution >= 0.6 is 11.6 Å². The summed E-state index contributed by atoms with van der Waals surface area (Å²) in [5.74, 6) is -0.0582. The highest BCUT2D eigenvalue weighted by atomic mass is 35.5. The molecular formula is C14H19ClN2O. The quantitative estimate of drug-likeness (QED) is 0.865. The summed E-state index contributed by atoms with van der Waals surface area (Å²) in [7, 11) is 0. The first-order valence-electron chi connectivity index (χ1n) is 6.40. The molecule has 1 saturated carbocycles. The molecule has 2 atom stereocenters. The van der Waals surface area contributed by atoms with E-state index in [9.17, 15) is 4.79 Å². The van der Waals surface area contributed by atoms with Gasteiger partial charge in [0.1, 0.15) is 0 Å². The van der Waals surface area contributed by atoms with Gasteiger partial charge in [-0.3, -0.25) is 4.79 Å². The van der Waals surface area contributed by atoms with Crippen LogP contribution in [0.15, 0.2) is 18.2 Å². The minimum Gasteiger partial charge on any atom is -0.348 e. The van der Waals surface area contributed by atoms with E-state index in [0.29, 0.717) is 10.6 Å². The number of rotatable bonds is 2. The molecule has 1 aliphatic carbocycles. The summed E-state index contributed by atoms with van der Waals surface area (Å²) in [6.07, 6.45) is 4.26. The highest BCUT2D eigenvalue weighted by Gasteiger charge is 2.23. The molecule has 2 rings (SSSR count). The average Bonchev–Trinajstić information content (AvgIpc) is 2.35. The second kappa shape index (κ2) is 5.72. The Hall–Kier alpha value is -1.06. The van der Waals surface area contributed by atoms with Crippen molar-refractivity contribution in [2.45, 2.75) is 44.7 Å². The van der Waals surface area contributed by atoms with E-state index in [1.807, 2.05) is 13.0 Å². The van der Waals surface area contributed by atoms with E-state index < -0.39 is 0 Å². The number of nitrogens with one attached hydrogen (secondary N) is 1. The van der Waals surface area contributed by atoms with E-state index in [-0.39, 0.29) is 18.0 Å². The molecule has 0 aliphatic heterocycles. The fourth-order valence-electron chi connectivity index (χ4n) is 2.38. The molecule has 4 heteroatoms. The zero-order valence-corrected chi connectivity index (χ0v) is 11.3. The van der Waals surface area contributed by atoms with Crippen LogP contribution in [0.4, 0.5) is 0 Å². The lowest BCUT2D eigenvalue weighted by molar-refractivity contribution is 0.0921. The standard InChI is InChI=1S/C14H19ClN2O/c1-9-8-10(6-7-11(9)15)14(18)17-13-5-3-2-4-12(13)16/h6-8,12-13H,2-5,16H2,1H3,(H,17,18)/t12-,13-/m1/s1. The predicted molar refractivity (Wildman–Crippen MR) is 73.9 cm³/mol. The van der Waals surface area contributed by atoms with Gasteiger partial charge in [-0.15, -0.1) is 0 Å². The van der Waals surface area contributed by atoms with Gasteiger partial charge >= 0.3 is 0 Å². The van der Waals surface area contributed by atoms with Crippen LogP contribution in [0.5, 0.6) is 0 Å². The number of aryl methyl sites for hydroxylation is 1. The van der Waals surface area contributed by atoms with Crippen molar-refractivity contribution in [3.63, 3.8) is 0 Å². The first-order chi connectivity index (χ1) is 8.58. The monoisotopic (exact) mass is 266 g/mol. The third-order valence-electron chi connectivity index (χ3n) is 3.56. The first-order valence-corrected chi connectivity index (χ1v) is 6.78. The van der Waals surface area contributed by atoms with Crippen LogP contribution in [0.25, 0.3) is 0 Å². The molecule has 0 radical (unpaired) electrons. The van der Waals surface area contributed by atoms with E-state index in [1.54, 1.807) is 12.1 Å². The molecule has 3 N–H and O–H groups in total. The Balaban J connectivity index is 2.04. The van der Waals surface area contributed by atoms with Crippen molar-refractivity contribution in [3.05, 3.63) is 34.3 Å². The zero-order valence-electron chi connectivity index (χ0n) is 10.6. The number of carbonyl (C=O) groups is 1. The summed E-state index contributed by atoms with van der Waals surface area (Å²) in [5.41, 5.74) is 7.59. The van der Waals surface area contributed by atoms with Crippen molar-refractivity contribution in [2.24, 2.45) is 5.73 Å². The molecule has 18 heavy (non-hydrogen) atoms. The number of nitrogens with two attached hydrogens (primary N) is 1. The largest absolute Gasteiger partial charge is 0.348 e. The van der Waals surface area contributed by atoms with Gasteiger partial charge in [0.2, 0.25) is 0 Å². The molecule has 1 aromatic carbocycles. The van der Waals surface area contributed by atoms with E-state index in [0.717, 1.165) is 31.2 Å². The maximum absolute atomic E-state index is 12.1. The van der Waals surface area contributed by atoms with Crippen molar-refractivity contribution >= 4 is 17.5 Å². The maximum atomic E-state index is 12.1. The molecule has 1 fully saturated rings. The minimum atomic E-state index is -0.0582. The van der Waals surface area contributed by atoms with Crippen LogP contribution in [-0.4, -0.2) is 18.0 Å². The van der Waals surface area contributed by atoms with Crippen molar-refractivity contribution < 1.29 is 4.79 Å². The van der Waals surface area contributed by atoms with Gasteiger partial charge in [-0.2, -0.15) is 0 Å². The van der Waals surface area contributed by atoms with E-state index in [4.69, 9.17) is 17.3 Å². The molecule has 0 unspecified atom stereocenters. The summed E-state index contributed by atoms with van der Waals surface area (Å²) in [6, 6.07) is 5.50. The topological polar surface area (TPSA) is 55.1 Å². The summed E-state index contributed by atoms with van der Waals surface area (Å²) >= 11 is 5.95. The van der Waals surface area contributed by atoms with E-state index in [1.165, 1.54) is 0 Å². The maximum Gasteiger partial charge on any atom is 0.251 e. The lowest BCUT2D eigenvalue weighted by Gasteiger charge is -2.29. The summed E-state index contributed by atoms with van der Waals surface area (Å²) in [5, 5.41) is 3.71. The number of carbonyl (C=O) groups excluding carboxylic acids is 1. The molecule has 98 valence electrons. The predicted octanol–water partition coefficient (Wildman–Crippen LogP) is 2.65. The molecular weight excluding hydrogens is 248 g/mol. The number of halogens is 1. The zero-order chi connectivity index (χ0) is 13.1. The van der Waals surface area contributed by atoms with Gasteiger partial charge in [0.15, 0.2) is 0 Å². The van der Waals surface area contributed by atoms with Gasteiger partial charge in [-0.05, 0) is 43.5 Å². The Morgan fingerprint density at radius 2 is 2.11 bits per heavy atom. The van der Waals surface area contributed by atoms with Gasteiger partial charge in [-0.25, -0.2) is 0 Å². The van der Waals surface area contributed by atoms with E-state index >= 15 is 0 Å². The van der Waals surface area contributed by atoms with Crippen LogP contribution in [0.3, 0.4) is 0 Å². The van der Waals surface area contributed by atoms with Gasteiger partial charge in [0.05, 0.1) is 0 Å². The van der Waals surface area contributed by atoms with Crippen molar-refractivity contribution in [3.8, 4) is 0 Å². The van der Waals surface area contributed by atoms with Crippen LogP contribution in [0, 0.1) is 6.92 Å². The minimum absolute atomic E-state index is 0.0582. The fourth-order valence-corrected chi connectivity index (χ4v) is 2.49. The summed E-state index contributed by atoms with van der Waals surface area (Å²) in [4.78, 5) is 12.1. The number of hydrogen-bond acceptors (Lipinski definition) is 2. The number of hydrogen-bond donors (Lipinski definition) is 2. The highest BCUT2D eigenvalue weighted by Crippen LogP contribution is 2.19. The molecule has 0 aromatic heterocycles. The molecule has 0 heterocycles. The Bertz CT molecular complexity index is 447. The summed E-state index contributed by atoms with van der Waals surface area (Å²) < 4.78 is 0. The van der Waals surface area contributed by atoms with Crippen molar-refractivity contribution in [1.82, 2.24) is 5.32 Å². The molecule has 3 nitrogen and oxygen atoms in total. The second-order valence-corrected chi connectivity index (χ2v) is 5.40. The molecule has 1 aliphatic rings. The summed E-state index contributed by atoms with van der Waals surface area (Å²) in [6.45, 7) is 1.89. The van der Waals surface area contributed by atoms with Gasteiger partial charge < -0.3 is 11.1 Å². The van der Waals surface area contributed by atoms with Gasteiger partial charge in [0, 0.05) is 22.7 Å². The highest BCUT2D eigenvalue weighted by molar-refractivity contribution is 6.31. The fraction of sp³-hybridized carbons (Fsp3) is 0.500. The lowest BCUT2D eigenvalue weighted by atomic mass is 9.91. The third-order valence-corrected chi connectivity index (χ3v) is 3.98. The Labute approximate surface area is 113 Å². The molecule has 0 spiro atoms. The smallest absolute Gasteiger partial charge is 0.251 e. The molecule has 1 amide bonds. The number of benzene rings is 1. The number of amides is 1. The Kier molecular flexibility index (Phi) is 4.25. The first kappa shape index (κ1) is 13.4. The van der Waals surface area contributed by atoms with Gasteiger partial charge in [0.25, 0.3) is 5.91 Å². The van der Waals surface area contributed by atoms with Crippen LogP contribution in [-0.2, 0) is 0 Å². The Morgan fingerprint density at radius 1 is 1.39 bits per heavy atom. The van der Waals surface area contributed by atoms with Crippen molar-refractivity contribution in [2.75, 3.05) is 0 Å². The van der Waals surface area contributed by atoms with Crippen molar-refractivity contribution in [1.29, 1.82) is 0 Å². The third kappa shape index (κ3) is 3.03. The van der Waals surface area contributed by atoms with Crippen LogP contribution in [0.1, 0.15) is 41.6 Å². The van der Waals surface area contributed by atoms with Gasteiger partial charge in [-0.1, -0.05) is 24.4 Å². The normalized spacial score (nSPS) is 23.7. The van der Waals surface area contributed by atoms with Crippen LogP contribution < -0.4 is 11.1 Å². The lowest BCUT2D eigenvalue weighted by Crippen LogP contribution is -2.49. The van der Waals surface area contributed by atoms with Crippen LogP contribution in [0.2, 0.25) is 5.02 Å². The van der Waals surface area contributed by atoms with E-state index in [2.05, 4.69) is 5.32 Å². The second-order valence-electron chi connectivity index (χ2n) is 4.99. The SMILES string of the molecule is Cc1cc(C(=O)N[C@@H]2CCCC[C@H]2N)ccc1Cl. The molecule has 1 aromatic rings.